The van der Waals surface area contributed by atoms with Gasteiger partial charge in [-0.15, -0.1) is 0 Å². The fraction of sp³-hybridized carbons (Fsp3) is 0.278. The lowest BCUT2D eigenvalue weighted by molar-refractivity contribution is 0.0951. The van der Waals surface area contributed by atoms with Crippen LogP contribution in [0.25, 0.3) is 0 Å². The minimum atomic E-state index is -0.129. The maximum Gasteiger partial charge on any atom is 0.251 e. The van der Waals surface area contributed by atoms with Gasteiger partial charge in [0, 0.05) is 17.1 Å². The van der Waals surface area contributed by atoms with E-state index >= 15 is 0 Å². The molecule has 22 heavy (non-hydrogen) atoms. The molecule has 2 rings (SSSR count). The van der Waals surface area contributed by atoms with Crippen LogP contribution in [0.5, 0.6) is 5.75 Å². The molecule has 116 valence electrons. The number of rotatable bonds is 6. The molecule has 0 saturated carbocycles. The van der Waals surface area contributed by atoms with Gasteiger partial charge in [-0.2, -0.15) is 0 Å². The number of hydrogen-bond donors (Lipinski definition) is 1. The van der Waals surface area contributed by atoms with Crippen molar-refractivity contribution in [2.24, 2.45) is 5.92 Å². The lowest BCUT2D eigenvalue weighted by Crippen LogP contribution is -2.22. The van der Waals surface area contributed by atoms with Crippen molar-refractivity contribution in [3.8, 4) is 5.75 Å². The maximum atomic E-state index is 12.1. The van der Waals surface area contributed by atoms with Crippen molar-refractivity contribution in [2.45, 2.75) is 20.4 Å². The summed E-state index contributed by atoms with van der Waals surface area (Å²) in [6.07, 6.45) is 0. The summed E-state index contributed by atoms with van der Waals surface area (Å²) in [5.41, 5.74) is 1.50. The number of amides is 1. The predicted octanol–water partition coefficient (Wildman–Crippen LogP) is 4.30. The van der Waals surface area contributed by atoms with Gasteiger partial charge in [-0.05, 0) is 41.8 Å². The van der Waals surface area contributed by atoms with Gasteiger partial charge in [0.05, 0.1) is 6.61 Å². The van der Waals surface area contributed by atoms with Crippen LogP contribution < -0.4 is 10.1 Å². The molecule has 0 fully saturated rings. The first kappa shape index (κ1) is 16.4. The van der Waals surface area contributed by atoms with E-state index in [9.17, 15) is 4.79 Å². The summed E-state index contributed by atoms with van der Waals surface area (Å²) in [6.45, 7) is 5.26. The molecule has 0 spiro atoms. The summed E-state index contributed by atoms with van der Waals surface area (Å²) in [7, 11) is 0. The Balaban J connectivity index is 1.91. The maximum absolute atomic E-state index is 12.1. The number of carbonyl (C=O) groups is 1. The summed E-state index contributed by atoms with van der Waals surface area (Å²) in [4.78, 5) is 12.1. The van der Waals surface area contributed by atoms with E-state index in [1.54, 1.807) is 12.1 Å². The Bertz CT molecular complexity index is 623. The third-order valence-corrected chi connectivity index (χ3v) is 3.47. The number of nitrogens with one attached hydrogen (secondary N) is 1. The average molecular weight is 318 g/mol. The number of ether oxygens (including phenoxy) is 1. The normalized spacial score (nSPS) is 10.5. The molecule has 3 nitrogen and oxygen atoms in total. The topological polar surface area (TPSA) is 38.3 Å². The van der Waals surface area contributed by atoms with Crippen molar-refractivity contribution in [1.82, 2.24) is 5.32 Å². The van der Waals surface area contributed by atoms with Crippen molar-refractivity contribution in [3.63, 3.8) is 0 Å². The molecule has 2 aromatic carbocycles. The zero-order valence-corrected chi connectivity index (χ0v) is 13.6. The molecule has 0 radical (unpaired) electrons. The van der Waals surface area contributed by atoms with Crippen molar-refractivity contribution < 1.29 is 9.53 Å². The predicted molar refractivity (Wildman–Crippen MR) is 89.4 cm³/mol. The molecule has 4 heteroatoms. The summed E-state index contributed by atoms with van der Waals surface area (Å²) in [5.74, 6) is 1.12. The van der Waals surface area contributed by atoms with Crippen LogP contribution in [0.4, 0.5) is 0 Å². The number of benzene rings is 2. The Morgan fingerprint density at radius 1 is 1.14 bits per heavy atom. The molecule has 1 amide bonds. The van der Waals surface area contributed by atoms with Gasteiger partial charge in [0.1, 0.15) is 5.75 Å². The van der Waals surface area contributed by atoms with Crippen molar-refractivity contribution in [3.05, 3.63) is 64.7 Å². The Labute approximate surface area is 136 Å². The third kappa shape index (κ3) is 4.78. The first-order valence-electron chi connectivity index (χ1n) is 7.30. The van der Waals surface area contributed by atoms with E-state index in [0.29, 0.717) is 29.7 Å². The molecule has 0 atom stereocenters. The van der Waals surface area contributed by atoms with E-state index < -0.39 is 0 Å². The van der Waals surface area contributed by atoms with Crippen molar-refractivity contribution in [2.75, 3.05) is 6.61 Å². The molecule has 1 N–H and O–H groups in total. The Hall–Kier alpha value is -2.00. The highest BCUT2D eigenvalue weighted by Gasteiger charge is 2.07. The highest BCUT2D eigenvalue weighted by molar-refractivity contribution is 6.31. The molecule has 0 aliphatic heterocycles. The third-order valence-electron chi connectivity index (χ3n) is 3.10. The van der Waals surface area contributed by atoms with Gasteiger partial charge < -0.3 is 10.1 Å². The Kier molecular flexibility index (Phi) is 5.84. The van der Waals surface area contributed by atoms with Crippen LogP contribution in [0.1, 0.15) is 29.8 Å². The molecule has 0 bridgehead atoms. The summed E-state index contributed by atoms with van der Waals surface area (Å²) >= 11 is 6.07. The second-order valence-electron chi connectivity index (χ2n) is 5.50. The zero-order valence-electron chi connectivity index (χ0n) is 12.8. The smallest absolute Gasteiger partial charge is 0.251 e. The molecule has 0 aromatic heterocycles. The van der Waals surface area contributed by atoms with E-state index in [4.69, 9.17) is 16.3 Å². The number of halogens is 1. The zero-order chi connectivity index (χ0) is 15.9. The lowest BCUT2D eigenvalue weighted by atomic mass is 10.2. The van der Waals surface area contributed by atoms with Crippen LogP contribution in [-0.4, -0.2) is 12.5 Å². The molecule has 0 aliphatic rings. The number of hydrogen-bond acceptors (Lipinski definition) is 2. The molecular weight excluding hydrogens is 298 g/mol. The molecule has 0 unspecified atom stereocenters. The second-order valence-corrected chi connectivity index (χ2v) is 5.91. The monoisotopic (exact) mass is 317 g/mol. The first-order chi connectivity index (χ1) is 10.6. The minimum Gasteiger partial charge on any atom is -0.493 e. The molecule has 0 saturated heterocycles. The van der Waals surface area contributed by atoms with E-state index in [0.717, 1.165) is 11.3 Å². The standard InChI is InChI=1S/C18H20ClNO2/c1-13(2)12-22-16-9-7-14(8-10-16)18(21)20-11-15-5-3-4-6-17(15)19/h3-10,13H,11-12H2,1-2H3,(H,20,21). The molecule has 0 aliphatic carbocycles. The van der Waals surface area contributed by atoms with Crippen molar-refractivity contribution in [1.29, 1.82) is 0 Å². The van der Waals surface area contributed by atoms with E-state index in [1.165, 1.54) is 0 Å². The van der Waals surface area contributed by atoms with Gasteiger partial charge >= 0.3 is 0 Å². The SMILES string of the molecule is CC(C)COc1ccc(C(=O)NCc2ccccc2Cl)cc1. The minimum absolute atomic E-state index is 0.129. The van der Waals surface area contributed by atoms with Crippen LogP contribution >= 0.6 is 11.6 Å². The van der Waals surface area contributed by atoms with E-state index in [1.807, 2.05) is 36.4 Å². The van der Waals surface area contributed by atoms with Crippen molar-refractivity contribution >= 4 is 17.5 Å². The van der Waals surface area contributed by atoms with Gasteiger partial charge in [-0.1, -0.05) is 43.6 Å². The fourth-order valence-corrected chi connectivity index (χ4v) is 2.09. The van der Waals surface area contributed by atoms with Crippen LogP contribution in [0.2, 0.25) is 5.02 Å². The Morgan fingerprint density at radius 3 is 2.45 bits per heavy atom. The fourth-order valence-electron chi connectivity index (χ4n) is 1.88. The highest BCUT2D eigenvalue weighted by atomic mass is 35.5. The molecular formula is C18H20ClNO2. The van der Waals surface area contributed by atoms with Gasteiger partial charge in [-0.25, -0.2) is 0 Å². The molecule has 2 aromatic rings. The van der Waals surface area contributed by atoms with E-state index in [2.05, 4.69) is 19.2 Å². The summed E-state index contributed by atoms with van der Waals surface area (Å²) in [6, 6.07) is 14.6. The second kappa shape index (κ2) is 7.85. The average Bonchev–Trinajstić information content (AvgIpc) is 2.52. The van der Waals surface area contributed by atoms with Crippen LogP contribution in [0.3, 0.4) is 0 Å². The van der Waals surface area contributed by atoms with Gasteiger partial charge in [0.2, 0.25) is 0 Å². The van der Waals surface area contributed by atoms with Crippen LogP contribution in [-0.2, 0) is 6.54 Å². The summed E-state index contributed by atoms with van der Waals surface area (Å²) in [5, 5.41) is 3.51. The highest BCUT2D eigenvalue weighted by Crippen LogP contribution is 2.16. The van der Waals surface area contributed by atoms with Gasteiger partial charge in [0.25, 0.3) is 5.91 Å². The van der Waals surface area contributed by atoms with E-state index in [-0.39, 0.29) is 5.91 Å². The Morgan fingerprint density at radius 2 is 1.82 bits per heavy atom. The lowest BCUT2D eigenvalue weighted by Gasteiger charge is -2.10. The first-order valence-corrected chi connectivity index (χ1v) is 7.68. The van der Waals surface area contributed by atoms with Crippen LogP contribution in [0.15, 0.2) is 48.5 Å². The summed E-state index contributed by atoms with van der Waals surface area (Å²) < 4.78 is 5.60. The number of carbonyl (C=O) groups excluding carboxylic acids is 1. The van der Waals surface area contributed by atoms with Gasteiger partial charge in [0.15, 0.2) is 0 Å². The quantitative estimate of drug-likeness (QED) is 0.862. The molecule has 0 heterocycles. The van der Waals surface area contributed by atoms with Gasteiger partial charge in [-0.3, -0.25) is 4.79 Å². The largest absolute Gasteiger partial charge is 0.493 e. The van der Waals surface area contributed by atoms with Crippen LogP contribution in [0, 0.1) is 5.92 Å².